The Morgan fingerprint density at radius 2 is 2.38 bits per heavy atom. The van der Waals surface area contributed by atoms with E-state index in [1.165, 1.54) is 12.8 Å². The van der Waals surface area contributed by atoms with Crippen molar-refractivity contribution in [1.29, 1.82) is 0 Å². The molecule has 1 aliphatic rings. The van der Waals surface area contributed by atoms with E-state index in [1.807, 2.05) is 12.1 Å². The molecule has 0 radical (unpaired) electrons. The van der Waals surface area contributed by atoms with Crippen molar-refractivity contribution >= 4 is 0 Å². The summed E-state index contributed by atoms with van der Waals surface area (Å²) < 4.78 is 0. The van der Waals surface area contributed by atoms with E-state index < -0.39 is 0 Å². The zero-order valence-corrected chi connectivity index (χ0v) is 7.49. The predicted molar refractivity (Wildman–Crippen MR) is 51.3 cm³/mol. The fourth-order valence-corrected chi connectivity index (χ4v) is 1.57. The number of nitrogens with one attached hydrogen (secondary N) is 1. The maximum atomic E-state index is 11.3. The molecule has 1 heterocycles. The standard InChI is InChI=1S/C10H14N2O/c11-9(6-7-3-4-7)8-2-1-5-12-10(8)13/h1-2,5,7,9H,3-4,6,11H2,(H,12,13). The van der Waals surface area contributed by atoms with Gasteiger partial charge in [-0.25, -0.2) is 0 Å². The predicted octanol–water partition coefficient (Wildman–Crippen LogP) is 1.17. The number of nitrogens with two attached hydrogens (primary N) is 1. The Morgan fingerprint density at radius 3 is 3.00 bits per heavy atom. The Kier molecular flexibility index (Phi) is 2.19. The van der Waals surface area contributed by atoms with Crippen LogP contribution in [0.3, 0.4) is 0 Å². The molecule has 13 heavy (non-hydrogen) atoms. The lowest BCUT2D eigenvalue weighted by Crippen LogP contribution is -2.21. The average molecular weight is 178 g/mol. The van der Waals surface area contributed by atoms with Gasteiger partial charge >= 0.3 is 0 Å². The van der Waals surface area contributed by atoms with E-state index in [4.69, 9.17) is 5.73 Å². The number of H-pyrrole nitrogens is 1. The number of rotatable bonds is 3. The van der Waals surface area contributed by atoms with Crippen LogP contribution in [-0.4, -0.2) is 4.98 Å². The highest BCUT2D eigenvalue weighted by Gasteiger charge is 2.25. The molecule has 1 fully saturated rings. The van der Waals surface area contributed by atoms with Gasteiger partial charge in [-0.15, -0.1) is 0 Å². The molecular formula is C10H14N2O. The molecule has 1 aromatic rings. The van der Waals surface area contributed by atoms with Crippen LogP contribution in [0.25, 0.3) is 0 Å². The number of aromatic nitrogens is 1. The van der Waals surface area contributed by atoms with Gasteiger partial charge in [0.05, 0.1) is 0 Å². The van der Waals surface area contributed by atoms with E-state index in [1.54, 1.807) is 6.20 Å². The Bertz CT molecular complexity index is 341. The summed E-state index contributed by atoms with van der Waals surface area (Å²) in [6, 6.07) is 3.55. The summed E-state index contributed by atoms with van der Waals surface area (Å²) in [6.07, 6.45) is 5.14. The summed E-state index contributed by atoms with van der Waals surface area (Å²) in [7, 11) is 0. The van der Waals surface area contributed by atoms with Crippen molar-refractivity contribution in [3.8, 4) is 0 Å². The van der Waals surface area contributed by atoms with Gasteiger partial charge in [-0.2, -0.15) is 0 Å². The molecule has 0 bridgehead atoms. The summed E-state index contributed by atoms with van der Waals surface area (Å²) in [4.78, 5) is 14.0. The minimum absolute atomic E-state index is 0.0457. The highest BCUT2D eigenvalue weighted by molar-refractivity contribution is 5.14. The van der Waals surface area contributed by atoms with E-state index in [0.717, 1.165) is 17.9 Å². The van der Waals surface area contributed by atoms with Gasteiger partial charge in [-0.05, 0) is 18.4 Å². The van der Waals surface area contributed by atoms with E-state index in [0.29, 0.717) is 0 Å². The fraction of sp³-hybridized carbons (Fsp3) is 0.500. The summed E-state index contributed by atoms with van der Waals surface area (Å²) >= 11 is 0. The van der Waals surface area contributed by atoms with Crippen LogP contribution >= 0.6 is 0 Å². The van der Waals surface area contributed by atoms with Crippen molar-refractivity contribution in [3.63, 3.8) is 0 Å². The monoisotopic (exact) mass is 178 g/mol. The van der Waals surface area contributed by atoms with Crippen LogP contribution in [0.2, 0.25) is 0 Å². The Labute approximate surface area is 77.0 Å². The molecule has 2 rings (SSSR count). The first-order chi connectivity index (χ1) is 6.27. The third kappa shape index (κ3) is 1.98. The third-order valence-electron chi connectivity index (χ3n) is 2.53. The summed E-state index contributed by atoms with van der Waals surface area (Å²) in [5, 5.41) is 0. The second kappa shape index (κ2) is 3.34. The van der Waals surface area contributed by atoms with Gasteiger partial charge in [0.2, 0.25) is 0 Å². The maximum Gasteiger partial charge on any atom is 0.252 e. The van der Waals surface area contributed by atoms with Crippen LogP contribution in [0, 0.1) is 5.92 Å². The number of hydrogen-bond donors (Lipinski definition) is 2. The van der Waals surface area contributed by atoms with E-state index in [-0.39, 0.29) is 11.6 Å². The summed E-state index contributed by atoms with van der Waals surface area (Å²) in [5.41, 5.74) is 6.59. The van der Waals surface area contributed by atoms with E-state index >= 15 is 0 Å². The van der Waals surface area contributed by atoms with Crippen molar-refractivity contribution in [1.82, 2.24) is 4.98 Å². The molecular weight excluding hydrogens is 164 g/mol. The fourth-order valence-electron chi connectivity index (χ4n) is 1.57. The maximum absolute atomic E-state index is 11.3. The molecule has 0 aliphatic heterocycles. The smallest absolute Gasteiger partial charge is 0.252 e. The molecule has 0 aromatic carbocycles. The minimum Gasteiger partial charge on any atom is -0.329 e. The van der Waals surface area contributed by atoms with Gasteiger partial charge in [-0.3, -0.25) is 4.79 Å². The van der Waals surface area contributed by atoms with Gasteiger partial charge < -0.3 is 10.7 Å². The molecule has 1 unspecified atom stereocenters. The van der Waals surface area contributed by atoms with Crippen molar-refractivity contribution in [2.75, 3.05) is 0 Å². The lowest BCUT2D eigenvalue weighted by molar-refractivity contribution is 0.591. The lowest BCUT2D eigenvalue weighted by atomic mass is 10.0. The zero-order valence-electron chi connectivity index (χ0n) is 7.49. The van der Waals surface area contributed by atoms with Crippen LogP contribution < -0.4 is 11.3 Å². The summed E-state index contributed by atoms with van der Waals surface area (Å²) in [6.45, 7) is 0. The van der Waals surface area contributed by atoms with Crippen LogP contribution in [0.4, 0.5) is 0 Å². The highest BCUT2D eigenvalue weighted by atomic mass is 16.1. The first kappa shape index (κ1) is 8.51. The SMILES string of the molecule is NC(CC1CC1)c1ccc[nH]c1=O. The van der Waals surface area contributed by atoms with Gasteiger partial charge in [-0.1, -0.05) is 18.9 Å². The quantitative estimate of drug-likeness (QED) is 0.730. The van der Waals surface area contributed by atoms with E-state index in [9.17, 15) is 4.79 Å². The Morgan fingerprint density at radius 1 is 1.62 bits per heavy atom. The van der Waals surface area contributed by atoms with Gasteiger partial charge in [0.25, 0.3) is 5.56 Å². The molecule has 0 spiro atoms. The highest BCUT2D eigenvalue weighted by Crippen LogP contribution is 2.35. The van der Waals surface area contributed by atoms with Gasteiger partial charge in [0.1, 0.15) is 0 Å². The van der Waals surface area contributed by atoms with Gasteiger partial charge in [0, 0.05) is 17.8 Å². The largest absolute Gasteiger partial charge is 0.329 e. The second-order valence-electron chi connectivity index (χ2n) is 3.74. The third-order valence-corrected chi connectivity index (χ3v) is 2.53. The minimum atomic E-state index is -0.0857. The van der Waals surface area contributed by atoms with Crippen LogP contribution in [-0.2, 0) is 0 Å². The van der Waals surface area contributed by atoms with Crippen LogP contribution in [0.5, 0.6) is 0 Å². The first-order valence-electron chi connectivity index (χ1n) is 4.70. The molecule has 1 saturated carbocycles. The normalized spacial score (nSPS) is 18.5. The second-order valence-corrected chi connectivity index (χ2v) is 3.74. The summed E-state index contributed by atoms with van der Waals surface area (Å²) in [5.74, 6) is 0.759. The van der Waals surface area contributed by atoms with Gasteiger partial charge in [0.15, 0.2) is 0 Å². The van der Waals surface area contributed by atoms with Crippen LogP contribution in [0.1, 0.15) is 30.9 Å². The Balaban J connectivity index is 2.13. The van der Waals surface area contributed by atoms with Crippen molar-refractivity contribution in [2.24, 2.45) is 11.7 Å². The number of hydrogen-bond acceptors (Lipinski definition) is 2. The molecule has 0 saturated heterocycles. The van der Waals surface area contributed by atoms with Crippen molar-refractivity contribution < 1.29 is 0 Å². The van der Waals surface area contributed by atoms with E-state index in [2.05, 4.69) is 4.98 Å². The van der Waals surface area contributed by atoms with Crippen molar-refractivity contribution in [2.45, 2.75) is 25.3 Å². The van der Waals surface area contributed by atoms with Crippen LogP contribution in [0.15, 0.2) is 23.1 Å². The number of pyridine rings is 1. The van der Waals surface area contributed by atoms with Crippen molar-refractivity contribution in [3.05, 3.63) is 34.2 Å². The first-order valence-corrected chi connectivity index (χ1v) is 4.70. The molecule has 1 aliphatic carbocycles. The topological polar surface area (TPSA) is 58.9 Å². The zero-order chi connectivity index (χ0) is 9.26. The molecule has 1 atom stereocenters. The molecule has 0 amide bonds. The molecule has 70 valence electrons. The molecule has 3 heteroatoms. The molecule has 3 nitrogen and oxygen atoms in total. The molecule has 1 aromatic heterocycles. The average Bonchev–Trinajstić information content (AvgIpc) is 2.89. The molecule has 3 N–H and O–H groups in total. The number of aromatic amines is 1. The Hall–Kier alpha value is -1.09. The lowest BCUT2D eigenvalue weighted by Gasteiger charge is -2.09.